The van der Waals surface area contributed by atoms with Gasteiger partial charge in [0.15, 0.2) is 0 Å². The Kier molecular flexibility index (Phi) is 4.95. The normalized spacial score (nSPS) is 12.2. The first-order valence-corrected chi connectivity index (χ1v) is 6.84. The third-order valence-corrected chi connectivity index (χ3v) is 3.05. The molecular formula is C14H21N5O. The van der Waals surface area contributed by atoms with E-state index in [1.807, 2.05) is 12.1 Å². The van der Waals surface area contributed by atoms with E-state index in [2.05, 4.69) is 34.6 Å². The monoisotopic (exact) mass is 275 g/mol. The molecule has 0 aromatic carbocycles. The van der Waals surface area contributed by atoms with Crippen molar-refractivity contribution in [2.75, 3.05) is 10.7 Å². The van der Waals surface area contributed by atoms with E-state index in [-0.39, 0.29) is 6.04 Å². The fraction of sp³-hybridized carbons (Fsp3) is 0.429. The van der Waals surface area contributed by atoms with Gasteiger partial charge in [-0.3, -0.25) is 0 Å². The molecule has 0 bridgehead atoms. The van der Waals surface area contributed by atoms with Gasteiger partial charge in [-0.15, -0.1) is 0 Å². The van der Waals surface area contributed by atoms with Crippen molar-refractivity contribution in [3.05, 3.63) is 36.0 Å². The molecule has 20 heavy (non-hydrogen) atoms. The Hall–Kier alpha value is -2.08. The molecule has 4 N–H and O–H groups in total. The summed E-state index contributed by atoms with van der Waals surface area (Å²) >= 11 is 0. The van der Waals surface area contributed by atoms with E-state index in [1.54, 1.807) is 6.26 Å². The minimum absolute atomic E-state index is 0.206. The molecule has 1 unspecified atom stereocenters. The molecule has 0 fully saturated rings. The van der Waals surface area contributed by atoms with Gasteiger partial charge in [-0.05, 0) is 25.5 Å². The van der Waals surface area contributed by atoms with Crippen molar-refractivity contribution in [3.63, 3.8) is 0 Å². The second kappa shape index (κ2) is 6.91. The lowest BCUT2D eigenvalue weighted by molar-refractivity contribution is 0.497. The van der Waals surface area contributed by atoms with Gasteiger partial charge in [0.2, 0.25) is 0 Å². The van der Waals surface area contributed by atoms with E-state index >= 15 is 0 Å². The van der Waals surface area contributed by atoms with E-state index in [1.165, 1.54) is 6.33 Å². The summed E-state index contributed by atoms with van der Waals surface area (Å²) in [5, 5.41) is 3.40. The van der Waals surface area contributed by atoms with Gasteiger partial charge in [0.1, 0.15) is 23.7 Å². The van der Waals surface area contributed by atoms with Crippen LogP contribution in [0.4, 0.5) is 11.6 Å². The predicted octanol–water partition coefficient (Wildman–Crippen LogP) is 2.35. The minimum Gasteiger partial charge on any atom is -0.469 e. The molecule has 0 amide bonds. The summed E-state index contributed by atoms with van der Waals surface area (Å²) < 4.78 is 5.36. The molecule has 0 aliphatic carbocycles. The van der Waals surface area contributed by atoms with Gasteiger partial charge in [-0.1, -0.05) is 13.3 Å². The Bertz CT molecular complexity index is 526. The molecule has 2 aromatic heterocycles. The number of nitrogens with zero attached hydrogens (tertiary/aromatic N) is 2. The molecule has 0 spiro atoms. The summed E-state index contributed by atoms with van der Waals surface area (Å²) in [6, 6.07) is 4.07. The van der Waals surface area contributed by atoms with Crippen molar-refractivity contribution in [2.45, 2.75) is 39.2 Å². The lowest BCUT2D eigenvalue weighted by Crippen LogP contribution is -2.21. The Balaban J connectivity index is 2.11. The van der Waals surface area contributed by atoms with Gasteiger partial charge in [0.25, 0.3) is 0 Å². The standard InChI is InChI=1S/C14H21N5O/c1-3-5-12-13(16-9-17-14(12)19-15)18-10(2)8-11-6-4-7-20-11/h4,6-7,9-10H,3,5,8,15H2,1-2H3,(H2,16,17,18,19). The zero-order valence-electron chi connectivity index (χ0n) is 11.9. The van der Waals surface area contributed by atoms with Crippen molar-refractivity contribution < 1.29 is 4.42 Å². The molecule has 108 valence electrons. The van der Waals surface area contributed by atoms with E-state index in [9.17, 15) is 0 Å². The first-order valence-electron chi connectivity index (χ1n) is 6.84. The maximum atomic E-state index is 5.51. The maximum Gasteiger partial charge on any atom is 0.148 e. The number of hydrazine groups is 1. The van der Waals surface area contributed by atoms with Crippen LogP contribution in [-0.2, 0) is 12.8 Å². The van der Waals surface area contributed by atoms with Gasteiger partial charge in [0.05, 0.1) is 6.26 Å². The topological polar surface area (TPSA) is 89.0 Å². The Morgan fingerprint density at radius 1 is 1.35 bits per heavy atom. The van der Waals surface area contributed by atoms with Crippen molar-refractivity contribution in [2.24, 2.45) is 5.84 Å². The maximum absolute atomic E-state index is 5.51. The second-order valence-electron chi connectivity index (χ2n) is 4.77. The fourth-order valence-corrected chi connectivity index (χ4v) is 2.16. The largest absolute Gasteiger partial charge is 0.469 e. The smallest absolute Gasteiger partial charge is 0.148 e. The van der Waals surface area contributed by atoms with E-state index in [0.717, 1.165) is 36.4 Å². The van der Waals surface area contributed by atoms with Gasteiger partial charge in [-0.2, -0.15) is 0 Å². The van der Waals surface area contributed by atoms with Crippen LogP contribution in [0.15, 0.2) is 29.1 Å². The van der Waals surface area contributed by atoms with Crippen LogP contribution in [0.2, 0.25) is 0 Å². The van der Waals surface area contributed by atoms with Crippen LogP contribution in [-0.4, -0.2) is 16.0 Å². The Morgan fingerprint density at radius 2 is 2.15 bits per heavy atom. The SMILES string of the molecule is CCCc1c(NN)ncnc1NC(C)Cc1ccco1. The van der Waals surface area contributed by atoms with Crippen molar-refractivity contribution in [1.29, 1.82) is 0 Å². The summed E-state index contributed by atoms with van der Waals surface area (Å²) in [5.41, 5.74) is 3.65. The van der Waals surface area contributed by atoms with Crippen molar-refractivity contribution >= 4 is 11.6 Å². The highest BCUT2D eigenvalue weighted by Gasteiger charge is 2.13. The number of nitrogen functional groups attached to an aromatic ring is 1. The average Bonchev–Trinajstić information content (AvgIpc) is 2.93. The second-order valence-corrected chi connectivity index (χ2v) is 4.77. The van der Waals surface area contributed by atoms with Crippen LogP contribution in [0.1, 0.15) is 31.6 Å². The van der Waals surface area contributed by atoms with Crippen LogP contribution in [0.25, 0.3) is 0 Å². The van der Waals surface area contributed by atoms with Crippen LogP contribution in [0.3, 0.4) is 0 Å². The molecule has 6 heteroatoms. The highest BCUT2D eigenvalue weighted by molar-refractivity contribution is 5.57. The molecule has 1 atom stereocenters. The predicted molar refractivity (Wildman–Crippen MR) is 79.3 cm³/mol. The van der Waals surface area contributed by atoms with Gasteiger partial charge < -0.3 is 15.2 Å². The van der Waals surface area contributed by atoms with Gasteiger partial charge in [-0.25, -0.2) is 15.8 Å². The molecule has 0 aliphatic rings. The molecule has 6 nitrogen and oxygen atoms in total. The Labute approximate surface area is 118 Å². The summed E-state index contributed by atoms with van der Waals surface area (Å²) in [6.45, 7) is 4.21. The molecular weight excluding hydrogens is 254 g/mol. The summed E-state index contributed by atoms with van der Waals surface area (Å²) in [7, 11) is 0. The van der Waals surface area contributed by atoms with Crippen molar-refractivity contribution in [1.82, 2.24) is 9.97 Å². The number of nitrogens with one attached hydrogen (secondary N) is 2. The molecule has 0 radical (unpaired) electrons. The number of aromatic nitrogens is 2. The average molecular weight is 275 g/mol. The number of furan rings is 1. The zero-order chi connectivity index (χ0) is 14.4. The van der Waals surface area contributed by atoms with Crippen LogP contribution < -0.4 is 16.6 Å². The number of anilines is 2. The van der Waals surface area contributed by atoms with E-state index in [0.29, 0.717) is 5.82 Å². The molecule has 0 saturated heterocycles. The number of rotatable bonds is 7. The molecule has 0 aliphatic heterocycles. The summed E-state index contributed by atoms with van der Waals surface area (Å²) in [5.74, 6) is 7.96. The summed E-state index contributed by atoms with van der Waals surface area (Å²) in [4.78, 5) is 8.48. The number of nitrogens with two attached hydrogens (primary N) is 1. The third-order valence-electron chi connectivity index (χ3n) is 3.05. The first-order chi connectivity index (χ1) is 9.74. The van der Waals surface area contributed by atoms with Gasteiger partial charge >= 0.3 is 0 Å². The van der Waals surface area contributed by atoms with Crippen LogP contribution >= 0.6 is 0 Å². The summed E-state index contributed by atoms with van der Waals surface area (Å²) in [6.07, 6.45) is 5.87. The van der Waals surface area contributed by atoms with Crippen LogP contribution in [0.5, 0.6) is 0 Å². The lowest BCUT2D eigenvalue weighted by atomic mass is 10.1. The minimum atomic E-state index is 0.206. The van der Waals surface area contributed by atoms with Gasteiger partial charge in [0, 0.05) is 18.0 Å². The Morgan fingerprint density at radius 3 is 2.80 bits per heavy atom. The highest BCUT2D eigenvalue weighted by Crippen LogP contribution is 2.22. The lowest BCUT2D eigenvalue weighted by Gasteiger charge is -2.17. The number of hydrogen-bond donors (Lipinski definition) is 3. The van der Waals surface area contributed by atoms with Crippen LogP contribution in [0, 0.1) is 0 Å². The van der Waals surface area contributed by atoms with Crippen molar-refractivity contribution in [3.8, 4) is 0 Å². The first kappa shape index (κ1) is 14.3. The van der Waals surface area contributed by atoms with E-state index < -0.39 is 0 Å². The molecule has 0 saturated carbocycles. The quantitative estimate of drug-likeness (QED) is 0.531. The van der Waals surface area contributed by atoms with E-state index in [4.69, 9.17) is 10.3 Å². The highest BCUT2D eigenvalue weighted by atomic mass is 16.3. The third kappa shape index (κ3) is 3.48. The molecule has 2 heterocycles. The molecule has 2 aromatic rings. The molecule has 2 rings (SSSR count). The zero-order valence-corrected chi connectivity index (χ0v) is 11.9. The fourth-order valence-electron chi connectivity index (χ4n) is 2.16. The number of hydrogen-bond acceptors (Lipinski definition) is 6.